The molecule has 37 heavy (non-hydrogen) atoms. The summed E-state index contributed by atoms with van der Waals surface area (Å²) in [4.78, 5) is 23.3. The molecule has 0 aromatic heterocycles. The molecule has 0 radical (unpaired) electrons. The predicted octanol–water partition coefficient (Wildman–Crippen LogP) is 6.28. The van der Waals surface area contributed by atoms with Crippen molar-refractivity contribution < 1.29 is 23.9 Å². The van der Waals surface area contributed by atoms with Crippen molar-refractivity contribution in [3.8, 4) is 23.3 Å². The van der Waals surface area contributed by atoms with Gasteiger partial charge < -0.3 is 19.5 Å². The van der Waals surface area contributed by atoms with Gasteiger partial charge in [-0.05, 0) is 67.4 Å². The summed E-state index contributed by atoms with van der Waals surface area (Å²) in [6.45, 7) is 4.65. The highest BCUT2D eigenvalue weighted by Gasteiger charge is 2.15. The Balaban J connectivity index is 1.81. The molecule has 1 N–H and O–H groups in total. The quantitative estimate of drug-likeness (QED) is 0.125. The zero-order valence-electron chi connectivity index (χ0n) is 20.2. The Bertz CT molecular complexity index is 1350. The van der Waals surface area contributed by atoms with Crippen LogP contribution < -0.4 is 19.5 Å². The second kappa shape index (κ2) is 13.1. The third-order valence-corrected chi connectivity index (χ3v) is 5.65. The summed E-state index contributed by atoms with van der Waals surface area (Å²) in [7, 11) is 0. The number of nitrogens with zero attached hydrogens (tertiary/aromatic N) is 2. The zero-order valence-corrected chi connectivity index (χ0v) is 21.8. The first kappa shape index (κ1) is 27.2. The number of carbonyl (C=O) groups is 1. The smallest absolute Gasteiger partial charge is 0.269 e. The molecule has 0 fully saturated rings. The highest BCUT2D eigenvalue weighted by Crippen LogP contribution is 2.35. The lowest BCUT2D eigenvalue weighted by atomic mass is 10.1. The Morgan fingerprint density at radius 1 is 1.05 bits per heavy atom. The van der Waals surface area contributed by atoms with E-state index in [2.05, 4.69) is 21.2 Å². The molecule has 3 rings (SSSR count). The van der Waals surface area contributed by atoms with Crippen LogP contribution in [0.25, 0.3) is 6.08 Å². The molecule has 0 bridgehead atoms. The summed E-state index contributed by atoms with van der Waals surface area (Å²) >= 11 is 3.46. The van der Waals surface area contributed by atoms with Gasteiger partial charge in [0.05, 0.1) is 18.1 Å². The van der Waals surface area contributed by atoms with E-state index in [9.17, 15) is 20.2 Å². The molecule has 0 aliphatic heterocycles. The average molecular weight is 566 g/mol. The van der Waals surface area contributed by atoms with Gasteiger partial charge in [-0.3, -0.25) is 14.9 Å². The van der Waals surface area contributed by atoms with Gasteiger partial charge in [-0.2, -0.15) is 5.26 Å². The fraction of sp³-hybridized carbons (Fsp3) is 0.185. The Morgan fingerprint density at radius 3 is 2.41 bits per heavy atom. The summed E-state index contributed by atoms with van der Waals surface area (Å²) in [5.41, 5.74) is 1.54. The van der Waals surface area contributed by atoms with Crippen LogP contribution in [0.4, 0.5) is 11.4 Å². The molecule has 0 atom stereocenters. The molecule has 0 heterocycles. The number of hydrogen-bond acceptors (Lipinski definition) is 7. The van der Waals surface area contributed by atoms with Crippen molar-refractivity contribution >= 4 is 39.3 Å². The number of ether oxygens (including phenoxy) is 3. The lowest BCUT2D eigenvalue weighted by molar-refractivity contribution is -0.384. The first-order chi connectivity index (χ1) is 17.8. The minimum Gasteiger partial charge on any atom is -0.494 e. The maximum atomic E-state index is 12.7. The topological polar surface area (TPSA) is 124 Å². The highest BCUT2D eigenvalue weighted by atomic mass is 79.9. The van der Waals surface area contributed by atoms with Gasteiger partial charge in [0.15, 0.2) is 11.5 Å². The molecular weight excluding hydrogens is 542 g/mol. The van der Waals surface area contributed by atoms with E-state index in [-0.39, 0.29) is 17.9 Å². The van der Waals surface area contributed by atoms with Gasteiger partial charge in [0.1, 0.15) is 24.0 Å². The van der Waals surface area contributed by atoms with E-state index in [0.717, 1.165) is 0 Å². The first-order valence-electron chi connectivity index (χ1n) is 11.3. The van der Waals surface area contributed by atoms with E-state index in [1.165, 1.54) is 18.2 Å². The molecule has 9 nitrogen and oxygen atoms in total. The van der Waals surface area contributed by atoms with Gasteiger partial charge in [-0.15, -0.1) is 0 Å². The van der Waals surface area contributed by atoms with E-state index in [4.69, 9.17) is 14.2 Å². The largest absolute Gasteiger partial charge is 0.494 e. The Morgan fingerprint density at radius 2 is 1.76 bits per heavy atom. The molecule has 0 unspecified atom stereocenters. The van der Waals surface area contributed by atoms with E-state index in [0.29, 0.717) is 51.7 Å². The Hall–Kier alpha value is -4.36. The van der Waals surface area contributed by atoms with Crippen LogP contribution in [0, 0.1) is 21.4 Å². The van der Waals surface area contributed by atoms with Gasteiger partial charge in [-0.1, -0.05) is 28.1 Å². The number of halogens is 1. The van der Waals surface area contributed by atoms with Crippen LogP contribution in [0.5, 0.6) is 17.2 Å². The molecule has 3 aromatic carbocycles. The standard InChI is InChI=1S/C27H24BrN3O6/c1-3-35-23-10-8-21(9-11-23)30-27(32)20(16-29)13-19-14-25(36-4-2)26(15-24(19)28)37-17-18-6-5-7-22(12-18)31(33)34/h5-15H,3-4,17H2,1-2H3,(H,30,32)/b20-13+. The molecule has 0 spiro atoms. The van der Waals surface area contributed by atoms with Crippen LogP contribution in [0.2, 0.25) is 0 Å². The highest BCUT2D eigenvalue weighted by molar-refractivity contribution is 9.10. The van der Waals surface area contributed by atoms with Crippen LogP contribution in [-0.4, -0.2) is 24.0 Å². The van der Waals surface area contributed by atoms with Gasteiger partial charge >= 0.3 is 0 Å². The molecule has 0 aliphatic carbocycles. The minimum absolute atomic E-state index is 0.0275. The number of rotatable bonds is 11. The fourth-order valence-electron chi connectivity index (χ4n) is 3.27. The number of nitrogens with one attached hydrogen (secondary N) is 1. The van der Waals surface area contributed by atoms with Crippen molar-refractivity contribution in [2.24, 2.45) is 0 Å². The average Bonchev–Trinajstić information content (AvgIpc) is 2.89. The Labute approximate surface area is 222 Å². The second-order valence-electron chi connectivity index (χ2n) is 7.55. The number of hydrogen-bond donors (Lipinski definition) is 1. The van der Waals surface area contributed by atoms with Gasteiger partial charge in [0.25, 0.3) is 11.6 Å². The fourth-order valence-corrected chi connectivity index (χ4v) is 3.70. The lowest BCUT2D eigenvalue weighted by Gasteiger charge is -2.14. The predicted molar refractivity (Wildman–Crippen MR) is 143 cm³/mol. The number of carbonyl (C=O) groups excluding carboxylic acids is 1. The molecule has 0 saturated carbocycles. The maximum Gasteiger partial charge on any atom is 0.269 e. The summed E-state index contributed by atoms with van der Waals surface area (Å²) in [6, 6.07) is 18.2. The third kappa shape index (κ3) is 7.56. The SMILES string of the molecule is CCOc1ccc(NC(=O)/C(C#N)=C/c2cc(OCC)c(OCc3cccc([N+](=O)[O-])c3)cc2Br)cc1. The number of nitro groups is 1. The van der Waals surface area contributed by atoms with Gasteiger partial charge in [0.2, 0.25) is 0 Å². The van der Waals surface area contributed by atoms with Crippen molar-refractivity contribution in [2.45, 2.75) is 20.5 Å². The van der Waals surface area contributed by atoms with E-state index < -0.39 is 10.8 Å². The summed E-state index contributed by atoms with van der Waals surface area (Å²) in [5, 5.41) is 23.3. The second-order valence-corrected chi connectivity index (χ2v) is 8.40. The zero-order chi connectivity index (χ0) is 26.8. The Kier molecular flexibility index (Phi) is 9.63. The molecular formula is C27H24BrN3O6. The van der Waals surface area contributed by atoms with Crippen molar-refractivity contribution in [1.82, 2.24) is 0 Å². The third-order valence-electron chi connectivity index (χ3n) is 4.97. The normalized spacial score (nSPS) is 10.8. The summed E-state index contributed by atoms with van der Waals surface area (Å²) in [6.07, 6.45) is 1.45. The van der Waals surface area contributed by atoms with Crippen LogP contribution >= 0.6 is 15.9 Å². The molecule has 190 valence electrons. The minimum atomic E-state index is -0.567. The van der Waals surface area contributed by atoms with Crippen molar-refractivity contribution in [3.05, 3.63) is 92.0 Å². The van der Waals surface area contributed by atoms with E-state index in [1.54, 1.807) is 48.5 Å². The summed E-state index contributed by atoms with van der Waals surface area (Å²) < 4.78 is 17.5. The summed E-state index contributed by atoms with van der Waals surface area (Å²) in [5.74, 6) is 0.903. The number of amides is 1. The van der Waals surface area contributed by atoms with Crippen molar-refractivity contribution in [3.63, 3.8) is 0 Å². The van der Waals surface area contributed by atoms with Crippen molar-refractivity contribution in [2.75, 3.05) is 18.5 Å². The van der Waals surface area contributed by atoms with Crippen LogP contribution in [-0.2, 0) is 11.4 Å². The number of nitro benzene ring substituents is 1. The van der Waals surface area contributed by atoms with E-state index in [1.807, 2.05) is 19.9 Å². The number of non-ortho nitro benzene ring substituents is 1. The van der Waals surface area contributed by atoms with Crippen molar-refractivity contribution in [1.29, 1.82) is 5.26 Å². The molecule has 0 aliphatic rings. The molecule has 10 heteroatoms. The number of nitriles is 1. The molecule has 0 saturated heterocycles. The van der Waals surface area contributed by atoms with Gasteiger partial charge in [0, 0.05) is 22.3 Å². The number of benzene rings is 3. The van der Waals surface area contributed by atoms with Crippen LogP contribution in [0.15, 0.2) is 70.7 Å². The van der Waals surface area contributed by atoms with E-state index >= 15 is 0 Å². The number of anilines is 1. The molecule has 3 aromatic rings. The maximum absolute atomic E-state index is 12.7. The first-order valence-corrected chi connectivity index (χ1v) is 12.1. The van der Waals surface area contributed by atoms with Crippen LogP contribution in [0.3, 0.4) is 0 Å². The monoisotopic (exact) mass is 565 g/mol. The molecule has 1 amide bonds. The van der Waals surface area contributed by atoms with Gasteiger partial charge in [-0.25, -0.2) is 0 Å². The lowest BCUT2D eigenvalue weighted by Crippen LogP contribution is -2.13. The van der Waals surface area contributed by atoms with Crippen LogP contribution in [0.1, 0.15) is 25.0 Å².